The van der Waals surface area contributed by atoms with Gasteiger partial charge in [0.1, 0.15) is 6.04 Å². The fraction of sp³-hybridized carbons (Fsp3) is 0.250. The number of aromatic carboxylic acids is 1. The molecular formula is C20H18N2O4. The Labute approximate surface area is 150 Å². The van der Waals surface area contributed by atoms with Crippen molar-refractivity contribution in [2.45, 2.75) is 31.7 Å². The molecule has 2 N–H and O–H groups in total. The van der Waals surface area contributed by atoms with Gasteiger partial charge in [-0.05, 0) is 60.7 Å². The van der Waals surface area contributed by atoms with Crippen molar-refractivity contribution in [3.8, 4) is 0 Å². The lowest BCUT2D eigenvalue weighted by molar-refractivity contribution is -0.121. The second-order valence-electron chi connectivity index (χ2n) is 6.66. The molecule has 1 atom stereocenters. The van der Waals surface area contributed by atoms with Crippen LogP contribution in [0.4, 0.5) is 11.4 Å². The molecule has 2 aromatic carbocycles. The summed E-state index contributed by atoms with van der Waals surface area (Å²) in [5.41, 5.74) is 3.79. The molecular weight excluding hydrogens is 332 g/mol. The molecule has 0 aromatic heterocycles. The van der Waals surface area contributed by atoms with E-state index in [1.54, 1.807) is 6.07 Å². The highest BCUT2D eigenvalue weighted by molar-refractivity contribution is 6.23. The number of aryl methyl sites for hydroxylation is 2. The van der Waals surface area contributed by atoms with Crippen molar-refractivity contribution in [3.05, 3.63) is 59.2 Å². The normalized spacial score (nSPS) is 18.9. The molecule has 0 spiro atoms. The lowest BCUT2D eigenvalue weighted by atomic mass is 10.1. The van der Waals surface area contributed by atoms with Gasteiger partial charge in [0, 0.05) is 5.69 Å². The van der Waals surface area contributed by atoms with Crippen LogP contribution in [0.15, 0.2) is 42.5 Å². The first-order valence-electron chi connectivity index (χ1n) is 8.61. The fourth-order valence-corrected chi connectivity index (χ4v) is 3.66. The number of rotatable bonds is 4. The number of amides is 2. The summed E-state index contributed by atoms with van der Waals surface area (Å²) in [6, 6.07) is 11.3. The van der Waals surface area contributed by atoms with E-state index in [-0.39, 0.29) is 29.5 Å². The largest absolute Gasteiger partial charge is 0.478 e. The number of imide groups is 1. The molecule has 1 aliphatic heterocycles. The Balaban J connectivity index is 1.56. The maximum absolute atomic E-state index is 12.7. The van der Waals surface area contributed by atoms with Gasteiger partial charge in [-0.15, -0.1) is 0 Å². The van der Waals surface area contributed by atoms with Crippen molar-refractivity contribution in [1.82, 2.24) is 0 Å². The standard InChI is InChI=1S/C20H18N2O4/c23-18-11-17(21-15-8-7-12-3-1-4-13(12)9-15)19(24)22(18)16-6-2-5-14(10-16)20(25)26/h2,5-10,17,21H,1,3-4,11H2,(H,25,26). The van der Waals surface area contributed by atoms with Crippen LogP contribution in [0.3, 0.4) is 0 Å². The Morgan fingerprint density at radius 1 is 1.08 bits per heavy atom. The third-order valence-electron chi connectivity index (χ3n) is 4.94. The van der Waals surface area contributed by atoms with Gasteiger partial charge in [-0.1, -0.05) is 12.1 Å². The van der Waals surface area contributed by atoms with E-state index in [0.29, 0.717) is 0 Å². The fourth-order valence-electron chi connectivity index (χ4n) is 3.66. The molecule has 1 aliphatic carbocycles. The molecule has 2 amide bonds. The quantitative estimate of drug-likeness (QED) is 0.828. The van der Waals surface area contributed by atoms with Gasteiger partial charge in [-0.3, -0.25) is 9.59 Å². The van der Waals surface area contributed by atoms with Gasteiger partial charge in [0.15, 0.2) is 0 Å². The van der Waals surface area contributed by atoms with Crippen molar-refractivity contribution in [1.29, 1.82) is 0 Å². The number of carbonyl (C=O) groups is 3. The Hall–Kier alpha value is -3.15. The second-order valence-corrected chi connectivity index (χ2v) is 6.66. The zero-order valence-corrected chi connectivity index (χ0v) is 14.1. The number of nitrogens with zero attached hydrogens (tertiary/aromatic N) is 1. The first-order valence-corrected chi connectivity index (χ1v) is 8.61. The van der Waals surface area contributed by atoms with Crippen molar-refractivity contribution >= 4 is 29.2 Å². The number of nitrogens with one attached hydrogen (secondary N) is 1. The number of carboxylic acids is 1. The molecule has 26 heavy (non-hydrogen) atoms. The van der Waals surface area contributed by atoms with Crippen molar-refractivity contribution in [2.75, 3.05) is 10.2 Å². The van der Waals surface area contributed by atoms with E-state index in [1.807, 2.05) is 12.1 Å². The molecule has 1 heterocycles. The molecule has 6 heteroatoms. The molecule has 0 bridgehead atoms. The second kappa shape index (κ2) is 6.29. The van der Waals surface area contributed by atoms with E-state index >= 15 is 0 Å². The van der Waals surface area contributed by atoms with Crippen LogP contribution in [0.2, 0.25) is 0 Å². The summed E-state index contributed by atoms with van der Waals surface area (Å²) in [6.45, 7) is 0. The predicted octanol–water partition coefficient (Wildman–Crippen LogP) is 2.62. The van der Waals surface area contributed by atoms with Crippen LogP contribution in [-0.2, 0) is 22.4 Å². The summed E-state index contributed by atoms with van der Waals surface area (Å²) in [6.07, 6.45) is 3.32. The van der Waals surface area contributed by atoms with Gasteiger partial charge in [0.05, 0.1) is 17.7 Å². The number of hydrogen-bond acceptors (Lipinski definition) is 4. The van der Waals surface area contributed by atoms with Gasteiger partial charge in [0.25, 0.3) is 5.91 Å². The van der Waals surface area contributed by atoms with E-state index in [4.69, 9.17) is 5.11 Å². The summed E-state index contributed by atoms with van der Waals surface area (Å²) in [4.78, 5) is 37.3. The summed E-state index contributed by atoms with van der Waals surface area (Å²) in [7, 11) is 0. The van der Waals surface area contributed by atoms with Gasteiger partial charge in [0.2, 0.25) is 5.91 Å². The monoisotopic (exact) mass is 350 g/mol. The molecule has 2 aliphatic rings. The smallest absolute Gasteiger partial charge is 0.335 e. The molecule has 0 saturated carbocycles. The maximum atomic E-state index is 12.7. The summed E-state index contributed by atoms with van der Waals surface area (Å²) >= 11 is 0. The van der Waals surface area contributed by atoms with Crippen LogP contribution < -0.4 is 10.2 Å². The molecule has 1 saturated heterocycles. The summed E-state index contributed by atoms with van der Waals surface area (Å²) in [5, 5.41) is 12.3. The van der Waals surface area contributed by atoms with Gasteiger partial charge in [-0.25, -0.2) is 9.69 Å². The van der Waals surface area contributed by atoms with Crippen LogP contribution in [0.25, 0.3) is 0 Å². The molecule has 132 valence electrons. The third-order valence-corrected chi connectivity index (χ3v) is 4.94. The minimum Gasteiger partial charge on any atom is -0.478 e. The van der Waals surface area contributed by atoms with Crippen molar-refractivity contribution in [3.63, 3.8) is 0 Å². The van der Waals surface area contributed by atoms with Crippen molar-refractivity contribution < 1.29 is 19.5 Å². The lowest BCUT2D eigenvalue weighted by Crippen LogP contribution is -2.34. The number of carboxylic acid groups (broad SMARTS) is 1. The average Bonchev–Trinajstić information content (AvgIpc) is 3.19. The number of carbonyl (C=O) groups excluding carboxylic acids is 2. The van der Waals surface area contributed by atoms with E-state index < -0.39 is 12.0 Å². The van der Waals surface area contributed by atoms with Crippen LogP contribution in [0, 0.1) is 0 Å². The Bertz CT molecular complexity index is 922. The number of hydrogen-bond donors (Lipinski definition) is 2. The molecule has 6 nitrogen and oxygen atoms in total. The van der Waals surface area contributed by atoms with Gasteiger partial charge < -0.3 is 10.4 Å². The zero-order chi connectivity index (χ0) is 18.3. The zero-order valence-electron chi connectivity index (χ0n) is 14.1. The maximum Gasteiger partial charge on any atom is 0.335 e. The lowest BCUT2D eigenvalue weighted by Gasteiger charge is -2.17. The highest BCUT2D eigenvalue weighted by Crippen LogP contribution is 2.28. The van der Waals surface area contributed by atoms with E-state index in [0.717, 1.165) is 29.8 Å². The highest BCUT2D eigenvalue weighted by Gasteiger charge is 2.39. The van der Waals surface area contributed by atoms with Gasteiger partial charge >= 0.3 is 5.97 Å². The molecule has 1 fully saturated rings. The Morgan fingerprint density at radius 2 is 1.88 bits per heavy atom. The Morgan fingerprint density at radius 3 is 2.69 bits per heavy atom. The van der Waals surface area contributed by atoms with Crippen LogP contribution in [0.1, 0.15) is 34.3 Å². The SMILES string of the molecule is O=C(O)c1cccc(N2C(=O)CC(Nc3ccc4c(c3)CCC4)C2=O)c1. The first kappa shape index (κ1) is 16.3. The van der Waals surface area contributed by atoms with Crippen LogP contribution in [0.5, 0.6) is 0 Å². The number of benzene rings is 2. The number of anilines is 2. The highest BCUT2D eigenvalue weighted by atomic mass is 16.4. The Kier molecular flexibility index (Phi) is 3.95. The molecule has 0 radical (unpaired) electrons. The molecule has 2 aromatic rings. The first-order chi connectivity index (χ1) is 12.5. The summed E-state index contributed by atoms with van der Waals surface area (Å²) in [5.74, 6) is -1.80. The van der Waals surface area contributed by atoms with E-state index in [9.17, 15) is 14.4 Å². The topological polar surface area (TPSA) is 86.7 Å². The minimum atomic E-state index is -1.10. The van der Waals surface area contributed by atoms with Crippen LogP contribution >= 0.6 is 0 Å². The summed E-state index contributed by atoms with van der Waals surface area (Å²) < 4.78 is 0. The van der Waals surface area contributed by atoms with Crippen molar-refractivity contribution in [2.24, 2.45) is 0 Å². The van der Waals surface area contributed by atoms with Crippen LogP contribution in [-0.4, -0.2) is 28.9 Å². The third kappa shape index (κ3) is 2.83. The molecule has 1 unspecified atom stereocenters. The van der Waals surface area contributed by atoms with E-state index in [2.05, 4.69) is 11.4 Å². The average molecular weight is 350 g/mol. The van der Waals surface area contributed by atoms with Gasteiger partial charge in [-0.2, -0.15) is 0 Å². The molecule has 4 rings (SSSR count). The predicted molar refractivity (Wildman–Crippen MR) is 96.4 cm³/mol. The number of fused-ring (bicyclic) bond motifs is 1. The minimum absolute atomic E-state index is 0.0399. The van der Waals surface area contributed by atoms with E-state index in [1.165, 1.54) is 29.3 Å².